The Kier molecular flexibility index (Phi) is 5.69. The summed E-state index contributed by atoms with van der Waals surface area (Å²) in [6, 6.07) is 10.5. The van der Waals surface area contributed by atoms with Crippen molar-refractivity contribution in [3.8, 4) is 6.07 Å². The molecule has 26 heavy (non-hydrogen) atoms. The highest BCUT2D eigenvalue weighted by Crippen LogP contribution is 2.29. The monoisotopic (exact) mass is 368 g/mol. The number of ether oxygens (including phenoxy) is 1. The normalized spacial score (nSPS) is 14.5. The predicted molar refractivity (Wildman–Crippen MR) is 100 cm³/mol. The molecule has 3 rings (SSSR count). The van der Waals surface area contributed by atoms with Crippen LogP contribution >= 0.6 is 11.3 Å². The summed E-state index contributed by atoms with van der Waals surface area (Å²) in [4.78, 5) is 26.5. The van der Waals surface area contributed by atoms with Crippen LogP contribution in [-0.4, -0.2) is 18.0 Å². The molecule has 1 aromatic carbocycles. The Labute approximate surface area is 156 Å². The van der Waals surface area contributed by atoms with Crippen molar-refractivity contribution >= 4 is 28.9 Å². The maximum atomic E-state index is 12.4. The van der Waals surface area contributed by atoms with E-state index in [1.807, 2.05) is 12.1 Å². The van der Waals surface area contributed by atoms with Crippen LogP contribution in [0.1, 0.15) is 51.9 Å². The molecule has 1 atom stereocenters. The van der Waals surface area contributed by atoms with Gasteiger partial charge in [-0.05, 0) is 62.4 Å². The average Bonchev–Trinajstić information content (AvgIpc) is 2.92. The summed E-state index contributed by atoms with van der Waals surface area (Å²) in [5.74, 6) is -0.886. The molecule has 1 aromatic heterocycles. The number of hydrogen-bond acceptors (Lipinski definition) is 5. The van der Waals surface area contributed by atoms with E-state index in [0.717, 1.165) is 25.7 Å². The first kappa shape index (κ1) is 18.2. The molecule has 0 aliphatic heterocycles. The lowest BCUT2D eigenvalue weighted by Crippen LogP contribution is -2.29. The molecule has 0 saturated heterocycles. The molecule has 1 aliphatic rings. The number of nitrogens with zero attached hydrogens (tertiary/aromatic N) is 1. The number of carbonyl (C=O) groups excluding carboxylic acids is 2. The van der Waals surface area contributed by atoms with Gasteiger partial charge in [0.25, 0.3) is 5.91 Å². The van der Waals surface area contributed by atoms with Crippen LogP contribution in [0.4, 0.5) is 5.69 Å². The van der Waals surface area contributed by atoms with Crippen LogP contribution < -0.4 is 5.32 Å². The minimum Gasteiger partial charge on any atom is -0.448 e. The highest BCUT2D eigenvalue weighted by atomic mass is 32.1. The second-order valence-corrected chi connectivity index (χ2v) is 7.49. The third-order valence-corrected chi connectivity index (χ3v) is 5.58. The van der Waals surface area contributed by atoms with Gasteiger partial charge in [0.2, 0.25) is 0 Å². The molecule has 0 unspecified atom stereocenters. The van der Waals surface area contributed by atoms with E-state index >= 15 is 0 Å². The number of nitrogens with one attached hydrogen (secondary N) is 1. The lowest BCUT2D eigenvalue weighted by atomic mass is 10.1. The Morgan fingerprint density at radius 3 is 2.85 bits per heavy atom. The van der Waals surface area contributed by atoms with Gasteiger partial charge in [0.15, 0.2) is 6.10 Å². The quantitative estimate of drug-likeness (QED) is 0.652. The molecule has 6 heteroatoms. The topological polar surface area (TPSA) is 79.2 Å². The number of benzene rings is 1. The maximum absolute atomic E-state index is 12.4. The molecule has 5 nitrogen and oxygen atoms in total. The molecule has 1 aliphatic carbocycles. The van der Waals surface area contributed by atoms with E-state index in [4.69, 9.17) is 10.00 Å². The Morgan fingerprint density at radius 1 is 1.23 bits per heavy atom. The number of fused-ring (bicyclic) bond motifs is 1. The summed E-state index contributed by atoms with van der Waals surface area (Å²) in [6.07, 6.45) is 4.63. The molecule has 0 saturated carbocycles. The number of nitriles is 1. The van der Waals surface area contributed by atoms with Gasteiger partial charge in [-0.2, -0.15) is 5.26 Å². The van der Waals surface area contributed by atoms with Gasteiger partial charge < -0.3 is 10.1 Å². The number of esters is 1. The highest BCUT2D eigenvalue weighted by Gasteiger charge is 2.22. The predicted octanol–water partition coefficient (Wildman–Crippen LogP) is 4.07. The van der Waals surface area contributed by atoms with Gasteiger partial charge in [-0.1, -0.05) is 12.5 Å². The smallest absolute Gasteiger partial charge is 0.349 e. The SMILES string of the molecule is C[C@H](OC(=O)c1cc2c(s1)CCCCC2)C(=O)Nc1cccc(C#N)c1. The minimum absolute atomic E-state index is 0.424. The van der Waals surface area contributed by atoms with Crippen molar-refractivity contribution in [1.82, 2.24) is 0 Å². The summed E-state index contributed by atoms with van der Waals surface area (Å²) in [5.41, 5.74) is 2.19. The molecule has 0 spiro atoms. The van der Waals surface area contributed by atoms with Crippen LogP contribution in [0.25, 0.3) is 0 Å². The third kappa shape index (κ3) is 4.30. The van der Waals surface area contributed by atoms with Gasteiger partial charge in [-0.3, -0.25) is 4.79 Å². The zero-order valence-electron chi connectivity index (χ0n) is 14.6. The molecule has 134 valence electrons. The summed E-state index contributed by atoms with van der Waals surface area (Å²) >= 11 is 1.48. The zero-order valence-corrected chi connectivity index (χ0v) is 15.4. The fourth-order valence-corrected chi connectivity index (χ4v) is 4.09. The molecule has 1 amide bonds. The van der Waals surface area contributed by atoms with Gasteiger partial charge in [0.05, 0.1) is 11.6 Å². The summed E-state index contributed by atoms with van der Waals surface area (Å²) < 4.78 is 5.33. The van der Waals surface area contributed by atoms with Crippen LogP contribution in [0.2, 0.25) is 0 Å². The van der Waals surface area contributed by atoms with Crippen LogP contribution in [-0.2, 0) is 22.4 Å². The summed E-state index contributed by atoms with van der Waals surface area (Å²) in [5, 5.41) is 11.6. The van der Waals surface area contributed by atoms with Crippen LogP contribution in [0.15, 0.2) is 30.3 Å². The lowest BCUT2D eigenvalue weighted by molar-refractivity contribution is -0.123. The van der Waals surface area contributed by atoms with E-state index in [0.29, 0.717) is 16.1 Å². The average molecular weight is 368 g/mol. The number of carbonyl (C=O) groups is 2. The molecule has 1 N–H and O–H groups in total. The molecule has 0 bridgehead atoms. The second kappa shape index (κ2) is 8.15. The molecule has 0 fully saturated rings. The molecule has 2 aromatic rings. The summed E-state index contributed by atoms with van der Waals surface area (Å²) in [7, 11) is 0. The Bertz CT molecular complexity index is 843. The van der Waals surface area contributed by atoms with Crippen molar-refractivity contribution < 1.29 is 14.3 Å². The Morgan fingerprint density at radius 2 is 2.04 bits per heavy atom. The van der Waals surface area contributed by atoms with E-state index < -0.39 is 18.0 Å². The third-order valence-electron chi connectivity index (χ3n) is 4.36. The Balaban J connectivity index is 1.61. The lowest BCUT2D eigenvalue weighted by Gasteiger charge is -2.13. The van der Waals surface area contributed by atoms with Gasteiger partial charge in [0.1, 0.15) is 4.88 Å². The molecular weight excluding hydrogens is 348 g/mol. The molecule has 1 heterocycles. The van der Waals surface area contributed by atoms with Gasteiger partial charge >= 0.3 is 5.97 Å². The number of amides is 1. The van der Waals surface area contributed by atoms with Crippen molar-refractivity contribution in [3.05, 3.63) is 51.2 Å². The first-order chi connectivity index (χ1) is 12.6. The molecule has 0 radical (unpaired) electrons. The molecular formula is C20H20N2O3S. The number of aryl methyl sites for hydroxylation is 2. The highest BCUT2D eigenvalue weighted by molar-refractivity contribution is 7.14. The van der Waals surface area contributed by atoms with Gasteiger partial charge in [-0.25, -0.2) is 4.79 Å². The zero-order chi connectivity index (χ0) is 18.5. The van der Waals surface area contributed by atoms with Gasteiger partial charge in [-0.15, -0.1) is 11.3 Å². The fraction of sp³-hybridized carbons (Fsp3) is 0.350. The number of anilines is 1. The van der Waals surface area contributed by atoms with Gasteiger partial charge in [0, 0.05) is 10.6 Å². The minimum atomic E-state index is -0.921. The standard InChI is InChI=1S/C20H20N2O3S/c1-13(19(23)22-16-8-5-6-14(10-16)12-21)25-20(24)18-11-15-7-3-2-4-9-17(15)26-18/h5-6,8,10-11,13H,2-4,7,9H2,1H3,(H,22,23)/t13-/m0/s1. The Hall–Kier alpha value is -2.65. The first-order valence-corrected chi connectivity index (χ1v) is 9.52. The summed E-state index contributed by atoms with van der Waals surface area (Å²) in [6.45, 7) is 1.54. The van der Waals surface area contributed by atoms with E-state index in [1.165, 1.54) is 28.2 Å². The van der Waals surface area contributed by atoms with Crippen LogP contribution in [0.3, 0.4) is 0 Å². The van der Waals surface area contributed by atoms with Crippen LogP contribution in [0, 0.1) is 11.3 Å². The van der Waals surface area contributed by atoms with Crippen LogP contribution in [0.5, 0.6) is 0 Å². The van der Waals surface area contributed by atoms with E-state index in [-0.39, 0.29) is 0 Å². The van der Waals surface area contributed by atoms with Crippen molar-refractivity contribution in [3.63, 3.8) is 0 Å². The van der Waals surface area contributed by atoms with E-state index in [9.17, 15) is 9.59 Å². The van der Waals surface area contributed by atoms with Crippen molar-refractivity contribution in [2.45, 2.75) is 45.1 Å². The number of rotatable bonds is 4. The number of thiophene rings is 1. The second-order valence-electron chi connectivity index (χ2n) is 6.35. The first-order valence-electron chi connectivity index (χ1n) is 8.70. The van der Waals surface area contributed by atoms with Crippen molar-refractivity contribution in [2.75, 3.05) is 5.32 Å². The maximum Gasteiger partial charge on any atom is 0.349 e. The van der Waals surface area contributed by atoms with Crippen molar-refractivity contribution in [2.24, 2.45) is 0 Å². The van der Waals surface area contributed by atoms with Crippen molar-refractivity contribution in [1.29, 1.82) is 5.26 Å². The number of hydrogen-bond donors (Lipinski definition) is 1. The van der Waals surface area contributed by atoms with E-state index in [1.54, 1.807) is 31.2 Å². The largest absolute Gasteiger partial charge is 0.448 e. The fourth-order valence-electron chi connectivity index (χ4n) is 2.95. The van der Waals surface area contributed by atoms with E-state index in [2.05, 4.69) is 5.32 Å².